The fourth-order valence-electron chi connectivity index (χ4n) is 3.49. The smallest absolute Gasteiger partial charge is 0.0230 e. The van der Waals surface area contributed by atoms with Crippen molar-refractivity contribution in [3.05, 3.63) is 35.9 Å². The first-order valence-electron chi connectivity index (χ1n) is 8.13. The van der Waals surface area contributed by atoms with Gasteiger partial charge in [0.05, 0.1) is 0 Å². The largest absolute Gasteiger partial charge is 0.312 e. The van der Waals surface area contributed by atoms with Gasteiger partial charge in [0, 0.05) is 45.3 Å². The molecule has 3 nitrogen and oxygen atoms in total. The van der Waals surface area contributed by atoms with Crippen molar-refractivity contribution in [3.63, 3.8) is 0 Å². The number of nitrogens with zero attached hydrogens (tertiary/aromatic N) is 2. The number of nitrogens with one attached hydrogen (secondary N) is 1. The van der Waals surface area contributed by atoms with Gasteiger partial charge in [0.2, 0.25) is 0 Å². The molecule has 1 atom stereocenters. The predicted molar refractivity (Wildman–Crippen MR) is 90.5 cm³/mol. The molecule has 1 fully saturated rings. The van der Waals surface area contributed by atoms with Crippen molar-refractivity contribution in [1.29, 1.82) is 0 Å². The van der Waals surface area contributed by atoms with E-state index in [0.717, 1.165) is 19.6 Å². The van der Waals surface area contributed by atoms with E-state index in [0.29, 0.717) is 11.5 Å². The summed E-state index contributed by atoms with van der Waals surface area (Å²) in [5.41, 5.74) is 1.72. The van der Waals surface area contributed by atoms with Crippen LogP contribution >= 0.6 is 0 Å². The van der Waals surface area contributed by atoms with E-state index in [9.17, 15) is 0 Å². The molecule has 0 aliphatic carbocycles. The van der Waals surface area contributed by atoms with Gasteiger partial charge in [-0.15, -0.1) is 0 Å². The molecule has 21 heavy (non-hydrogen) atoms. The van der Waals surface area contributed by atoms with Gasteiger partial charge in [0.1, 0.15) is 0 Å². The van der Waals surface area contributed by atoms with Crippen LogP contribution in [0.15, 0.2) is 30.3 Å². The molecule has 1 aliphatic heterocycles. The van der Waals surface area contributed by atoms with E-state index in [4.69, 9.17) is 0 Å². The van der Waals surface area contributed by atoms with Crippen molar-refractivity contribution in [1.82, 2.24) is 15.1 Å². The Morgan fingerprint density at radius 2 is 2.00 bits per heavy atom. The molecule has 1 heterocycles. The van der Waals surface area contributed by atoms with Gasteiger partial charge < -0.3 is 10.2 Å². The molecule has 1 N–H and O–H groups in total. The van der Waals surface area contributed by atoms with Gasteiger partial charge in [0.25, 0.3) is 0 Å². The molecule has 1 aromatic rings. The minimum atomic E-state index is 0.320. The van der Waals surface area contributed by atoms with Crippen LogP contribution in [0.1, 0.15) is 26.3 Å². The summed E-state index contributed by atoms with van der Waals surface area (Å²) in [5.74, 6) is 0. The van der Waals surface area contributed by atoms with Gasteiger partial charge in [0.15, 0.2) is 0 Å². The van der Waals surface area contributed by atoms with Crippen LogP contribution in [-0.4, -0.2) is 55.6 Å². The summed E-state index contributed by atoms with van der Waals surface area (Å²) in [6.07, 6.45) is 0. The van der Waals surface area contributed by atoms with E-state index < -0.39 is 0 Å². The molecule has 1 aromatic carbocycles. The van der Waals surface area contributed by atoms with Crippen LogP contribution in [0.25, 0.3) is 0 Å². The zero-order valence-electron chi connectivity index (χ0n) is 14.1. The summed E-state index contributed by atoms with van der Waals surface area (Å²) >= 11 is 0. The number of rotatable bonds is 6. The number of hydrogen-bond donors (Lipinski definition) is 1. The SMILES string of the molecule is C[C@H]1CN(CC(C)(C)CN(C)Cc2ccccc2)CCN1. The Balaban J connectivity index is 1.82. The first-order valence-corrected chi connectivity index (χ1v) is 8.13. The maximum absolute atomic E-state index is 3.52. The molecule has 0 bridgehead atoms. The normalized spacial score (nSPS) is 20.9. The zero-order chi connectivity index (χ0) is 15.3. The highest BCUT2D eigenvalue weighted by Crippen LogP contribution is 2.20. The van der Waals surface area contributed by atoms with Gasteiger partial charge >= 0.3 is 0 Å². The molecule has 0 radical (unpaired) electrons. The molecule has 2 rings (SSSR count). The van der Waals surface area contributed by atoms with Gasteiger partial charge in [-0.05, 0) is 24.9 Å². The first-order chi connectivity index (χ1) is 9.94. The van der Waals surface area contributed by atoms with Gasteiger partial charge in [-0.1, -0.05) is 44.2 Å². The molecule has 0 amide bonds. The van der Waals surface area contributed by atoms with Crippen LogP contribution in [0.2, 0.25) is 0 Å². The second-order valence-electron chi connectivity index (χ2n) is 7.41. The highest BCUT2D eigenvalue weighted by atomic mass is 15.2. The van der Waals surface area contributed by atoms with Crippen molar-refractivity contribution in [2.75, 3.05) is 39.8 Å². The second kappa shape index (κ2) is 7.39. The van der Waals surface area contributed by atoms with Crippen LogP contribution in [0.3, 0.4) is 0 Å². The van der Waals surface area contributed by atoms with Crippen LogP contribution in [-0.2, 0) is 6.54 Å². The zero-order valence-corrected chi connectivity index (χ0v) is 14.1. The lowest BCUT2D eigenvalue weighted by molar-refractivity contribution is 0.109. The highest BCUT2D eigenvalue weighted by Gasteiger charge is 2.26. The Hall–Kier alpha value is -0.900. The third-order valence-corrected chi connectivity index (χ3v) is 4.10. The van der Waals surface area contributed by atoms with Gasteiger partial charge in [-0.2, -0.15) is 0 Å². The summed E-state index contributed by atoms with van der Waals surface area (Å²) in [6, 6.07) is 11.4. The van der Waals surface area contributed by atoms with Crippen molar-refractivity contribution >= 4 is 0 Å². The maximum Gasteiger partial charge on any atom is 0.0230 e. The summed E-state index contributed by atoms with van der Waals surface area (Å²) in [4.78, 5) is 5.05. The van der Waals surface area contributed by atoms with Crippen molar-refractivity contribution in [2.24, 2.45) is 5.41 Å². The number of hydrogen-bond acceptors (Lipinski definition) is 3. The average molecular weight is 289 g/mol. The first kappa shape index (κ1) is 16.5. The standard InChI is InChI=1S/C18H31N3/c1-16-12-21(11-10-19-16)15-18(2,3)14-20(4)13-17-8-6-5-7-9-17/h5-9,16,19H,10-15H2,1-4H3/t16-/m0/s1. The summed E-state index contributed by atoms with van der Waals surface area (Å²) in [6.45, 7) is 13.9. The number of benzene rings is 1. The van der Waals surface area contributed by atoms with Crippen molar-refractivity contribution in [2.45, 2.75) is 33.4 Å². The summed E-state index contributed by atoms with van der Waals surface area (Å²) in [5, 5.41) is 3.52. The molecule has 3 heteroatoms. The molecule has 1 saturated heterocycles. The lowest BCUT2D eigenvalue weighted by Gasteiger charge is -2.39. The lowest BCUT2D eigenvalue weighted by Crippen LogP contribution is -2.52. The van der Waals surface area contributed by atoms with E-state index in [2.05, 4.69) is 73.3 Å². The third-order valence-electron chi connectivity index (χ3n) is 4.10. The Morgan fingerprint density at radius 3 is 2.67 bits per heavy atom. The molecule has 0 saturated carbocycles. The van der Waals surface area contributed by atoms with E-state index in [1.807, 2.05) is 0 Å². The molecule has 1 aliphatic rings. The number of piperazine rings is 1. The highest BCUT2D eigenvalue weighted by molar-refractivity contribution is 5.14. The molecule has 0 spiro atoms. The minimum Gasteiger partial charge on any atom is -0.312 e. The fraction of sp³-hybridized carbons (Fsp3) is 0.667. The van der Waals surface area contributed by atoms with Gasteiger partial charge in [-0.25, -0.2) is 0 Å². The Labute approximate surface area is 130 Å². The fourth-order valence-corrected chi connectivity index (χ4v) is 3.49. The summed E-state index contributed by atoms with van der Waals surface area (Å²) < 4.78 is 0. The van der Waals surface area contributed by atoms with Gasteiger partial charge in [-0.3, -0.25) is 4.90 Å². The summed E-state index contributed by atoms with van der Waals surface area (Å²) in [7, 11) is 2.23. The molecular formula is C18H31N3. The van der Waals surface area contributed by atoms with E-state index in [1.165, 1.54) is 25.2 Å². The topological polar surface area (TPSA) is 18.5 Å². The Kier molecular flexibility index (Phi) is 5.80. The average Bonchev–Trinajstić information content (AvgIpc) is 2.38. The van der Waals surface area contributed by atoms with Crippen molar-refractivity contribution in [3.8, 4) is 0 Å². The lowest BCUT2D eigenvalue weighted by atomic mass is 9.91. The maximum atomic E-state index is 3.52. The van der Waals surface area contributed by atoms with Crippen molar-refractivity contribution < 1.29 is 0 Å². The molecular weight excluding hydrogens is 258 g/mol. The van der Waals surface area contributed by atoms with Crippen LogP contribution in [0, 0.1) is 5.41 Å². The van der Waals surface area contributed by atoms with Crippen LogP contribution in [0.4, 0.5) is 0 Å². The van der Waals surface area contributed by atoms with Crippen LogP contribution < -0.4 is 5.32 Å². The second-order valence-corrected chi connectivity index (χ2v) is 7.41. The molecule has 118 valence electrons. The Bertz CT molecular complexity index is 416. The third kappa shape index (κ3) is 5.77. The van der Waals surface area contributed by atoms with E-state index in [1.54, 1.807) is 0 Å². The quantitative estimate of drug-likeness (QED) is 0.868. The predicted octanol–water partition coefficient (Wildman–Crippen LogP) is 2.44. The van der Waals surface area contributed by atoms with E-state index in [-0.39, 0.29) is 0 Å². The Morgan fingerprint density at radius 1 is 1.29 bits per heavy atom. The van der Waals surface area contributed by atoms with Crippen LogP contribution in [0.5, 0.6) is 0 Å². The van der Waals surface area contributed by atoms with E-state index >= 15 is 0 Å². The minimum absolute atomic E-state index is 0.320. The molecule has 0 aromatic heterocycles. The monoisotopic (exact) mass is 289 g/mol. The molecule has 0 unspecified atom stereocenters.